The number of amidine groups is 1. The fraction of sp³-hybridized carbons (Fsp3) is 0.333. The lowest BCUT2D eigenvalue weighted by Gasteiger charge is -2.26. The van der Waals surface area contributed by atoms with Gasteiger partial charge in [-0.1, -0.05) is 32.0 Å². The Morgan fingerprint density at radius 2 is 1.92 bits per heavy atom. The first-order chi connectivity index (χ1) is 17.3. The molecule has 3 N–H and O–H groups in total. The van der Waals surface area contributed by atoms with Crippen LogP contribution >= 0.6 is 0 Å². The number of aliphatic imine (C=N–C) groups is 1. The summed E-state index contributed by atoms with van der Waals surface area (Å²) in [5, 5.41) is 2.67. The maximum absolute atomic E-state index is 11.6. The number of nitrogens with two attached hydrogens (primary N) is 1. The van der Waals surface area contributed by atoms with Crippen molar-refractivity contribution >= 4 is 29.4 Å². The van der Waals surface area contributed by atoms with E-state index in [4.69, 9.17) is 10.5 Å². The number of ether oxygens (including phenoxy) is 2. The Bertz CT molecular complexity index is 1370. The first-order valence-electron chi connectivity index (χ1n) is 12.0. The Hall–Kier alpha value is -4.14. The highest BCUT2D eigenvalue weighted by atomic mass is 16.5. The van der Waals surface area contributed by atoms with Crippen molar-refractivity contribution in [1.29, 1.82) is 0 Å². The van der Waals surface area contributed by atoms with Gasteiger partial charge in [-0.05, 0) is 47.7 Å². The van der Waals surface area contributed by atoms with Crippen LogP contribution < -0.4 is 20.7 Å². The number of hydrogen-bond acceptors (Lipinski definition) is 8. The number of nitrogens with zero attached hydrogens (tertiary/aromatic N) is 4. The third-order valence-corrected chi connectivity index (χ3v) is 6.51. The van der Waals surface area contributed by atoms with Crippen molar-refractivity contribution in [1.82, 2.24) is 15.3 Å². The number of aromatic nitrogens is 2. The number of fused-ring (bicyclic) bond motifs is 2. The zero-order valence-corrected chi connectivity index (χ0v) is 21.0. The van der Waals surface area contributed by atoms with Crippen LogP contribution in [-0.2, 0) is 17.7 Å². The number of aryl methyl sites for hydroxylation is 1. The molecule has 5 rings (SSSR count). The summed E-state index contributed by atoms with van der Waals surface area (Å²) >= 11 is 0. The molecule has 0 aliphatic carbocycles. The molecule has 9 heteroatoms. The Kier molecular flexibility index (Phi) is 6.22. The van der Waals surface area contributed by atoms with Gasteiger partial charge in [0.2, 0.25) is 5.95 Å². The quantitative estimate of drug-likeness (QED) is 0.560. The highest BCUT2D eigenvalue weighted by Gasteiger charge is 2.24. The van der Waals surface area contributed by atoms with Crippen LogP contribution in [0.5, 0.6) is 5.75 Å². The van der Waals surface area contributed by atoms with Gasteiger partial charge in [0, 0.05) is 29.8 Å². The minimum Gasteiger partial charge on any atom is -0.491 e. The van der Waals surface area contributed by atoms with Crippen LogP contribution in [0.3, 0.4) is 0 Å². The van der Waals surface area contributed by atoms with Crippen molar-refractivity contribution in [3.63, 3.8) is 0 Å². The second-order valence-corrected chi connectivity index (χ2v) is 9.35. The number of nitrogen functional groups attached to an aromatic ring is 1. The van der Waals surface area contributed by atoms with E-state index < -0.39 is 6.09 Å². The fourth-order valence-corrected chi connectivity index (χ4v) is 4.86. The van der Waals surface area contributed by atoms with Crippen molar-refractivity contribution < 1.29 is 14.3 Å². The van der Waals surface area contributed by atoms with Crippen molar-refractivity contribution in [3.05, 3.63) is 58.8 Å². The molecule has 186 valence electrons. The molecule has 2 aromatic carbocycles. The van der Waals surface area contributed by atoms with Crippen LogP contribution in [-0.4, -0.2) is 42.2 Å². The summed E-state index contributed by atoms with van der Waals surface area (Å²) in [6.45, 7) is 8.18. The average molecular weight is 487 g/mol. The summed E-state index contributed by atoms with van der Waals surface area (Å²) in [7, 11) is 1.34. The molecular formula is C27H30N6O3. The van der Waals surface area contributed by atoms with E-state index in [1.165, 1.54) is 7.11 Å². The maximum atomic E-state index is 11.6. The molecule has 36 heavy (non-hydrogen) atoms. The second-order valence-electron chi connectivity index (χ2n) is 9.35. The topological polar surface area (TPSA) is 115 Å². The Morgan fingerprint density at radius 1 is 1.14 bits per heavy atom. The average Bonchev–Trinajstić information content (AvgIpc) is 3.11. The van der Waals surface area contributed by atoms with E-state index in [0.29, 0.717) is 32.0 Å². The molecule has 3 aromatic rings. The third kappa shape index (κ3) is 4.56. The highest BCUT2D eigenvalue weighted by Crippen LogP contribution is 2.36. The molecule has 2 aliphatic rings. The fourth-order valence-electron chi connectivity index (χ4n) is 4.86. The Labute approximate surface area is 210 Å². The molecule has 0 atom stereocenters. The van der Waals surface area contributed by atoms with Gasteiger partial charge < -0.3 is 20.1 Å². The van der Waals surface area contributed by atoms with Crippen molar-refractivity contribution in [2.75, 3.05) is 30.9 Å². The normalized spacial score (nSPS) is 14.5. The van der Waals surface area contributed by atoms with Gasteiger partial charge in [0.05, 0.1) is 19.3 Å². The molecule has 0 saturated carbocycles. The van der Waals surface area contributed by atoms with Crippen molar-refractivity contribution in [3.8, 4) is 16.9 Å². The standard InChI is InChI=1S/C27H30N6O3/c1-15(2)24-16(3)29-26(28)32-25(24)33-9-10-36-22-8-7-17(11-20(22)14-33)18-5-6-19-13-23(30-21(19)12-18)31-27(34)35-4/h5-8,11-12,15H,9-10,13-14H2,1-4H3,(H2,28,29,32)(H,30,31,34). The summed E-state index contributed by atoms with van der Waals surface area (Å²) < 4.78 is 10.8. The minimum absolute atomic E-state index is 0.265. The van der Waals surface area contributed by atoms with Gasteiger partial charge in [-0.15, -0.1) is 0 Å². The predicted octanol–water partition coefficient (Wildman–Crippen LogP) is 4.50. The van der Waals surface area contributed by atoms with Gasteiger partial charge in [-0.3, -0.25) is 5.32 Å². The van der Waals surface area contributed by atoms with Gasteiger partial charge in [0.15, 0.2) is 0 Å². The SMILES string of the molecule is COC(=O)NC1=Nc2cc(-c3ccc4c(c3)CN(c3nc(N)nc(C)c3C(C)C)CCO4)ccc2C1. The molecule has 0 unspecified atom stereocenters. The number of alkyl carbamates (subject to hydrolysis) is 1. The number of carbonyl (C=O) groups excluding carboxylic acids is 1. The highest BCUT2D eigenvalue weighted by molar-refractivity contribution is 6.01. The van der Waals surface area contributed by atoms with E-state index in [0.717, 1.165) is 50.8 Å². The molecule has 0 fully saturated rings. The van der Waals surface area contributed by atoms with Crippen LogP contribution in [0, 0.1) is 6.92 Å². The first kappa shape index (κ1) is 23.6. The number of amides is 1. The van der Waals surface area contributed by atoms with Gasteiger partial charge in [-0.25, -0.2) is 14.8 Å². The van der Waals surface area contributed by atoms with Crippen molar-refractivity contribution in [2.45, 2.75) is 39.7 Å². The lowest BCUT2D eigenvalue weighted by Crippen LogP contribution is -2.30. The number of hydrogen-bond donors (Lipinski definition) is 2. The largest absolute Gasteiger partial charge is 0.491 e. The second kappa shape index (κ2) is 9.49. The number of anilines is 2. The number of benzene rings is 2. The first-order valence-corrected chi connectivity index (χ1v) is 12.0. The molecule has 2 aliphatic heterocycles. The van der Waals surface area contributed by atoms with Crippen LogP contribution in [0.1, 0.15) is 42.1 Å². The molecule has 0 radical (unpaired) electrons. The smallest absolute Gasteiger partial charge is 0.412 e. The summed E-state index contributed by atoms with van der Waals surface area (Å²) in [6, 6.07) is 12.4. The molecule has 0 spiro atoms. The maximum Gasteiger partial charge on any atom is 0.412 e. The summed E-state index contributed by atoms with van der Waals surface area (Å²) in [4.78, 5) is 27.4. The van der Waals surface area contributed by atoms with Gasteiger partial charge in [-0.2, -0.15) is 4.98 Å². The van der Waals surface area contributed by atoms with Gasteiger partial charge >= 0.3 is 6.09 Å². The van der Waals surface area contributed by atoms with Gasteiger partial charge in [0.1, 0.15) is 24.0 Å². The monoisotopic (exact) mass is 486 g/mol. The zero-order chi connectivity index (χ0) is 25.4. The lowest BCUT2D eigenvalue weighted by molar-refractivity contribution is 0.176. The van der Waals surface area contributed by atoms with E-state index in [1.807, 2.05) is 19.1 Å². The number of carbonyl (C=O) groups is 1. The molecule has 0 saturated heterocycles. The number of rotatable bonds is 3. The summed E-state index contributed by atoms with van der Waals surface area (Å²) in [5.74, 6) is 2.87. The molecule has 1 aromatic heterocycles. The molecule has 9 nitrogen and oxygen atoms in total. The van der Waals surface area contributed by atoms with E-state index in [-0.39, 0.29) is 11.9 Å². The minimum atomic E-state index is -0.515. The van der Waals surface area contributed by atoms with Gasteiger partial charge in [0.25, 0.3) is 0 Å². The molecular weight excluding hydrogens is 456 g/mol. The van der Waals surface area contributed by atoms with E-state index >= 15 is 0 Å². The zero-order valence-electron chi connectivity index (χ0n) is 21.0. The van der Waals surface area contributed by atoms with E-state index in [1.54, 1.807) is 0 Å². The van der Waals surface area contributed by atoms with Crippen LogP contribution in [0.4, 0.5) is 22.2 Å². The lowest BCUT2D eigenvalue weighted by atomic mass is 9.99. The van der Waals surface area contributed by atoms with E-state index in [2.05, 4.69) is 68.0 Å². The van der Waals surface area contributed by atoms with Crippen LogP contribution in [0.2, 0.25) is 0 Å². The van der Waals surface area contributed by atoms with Crippen LogP contribution in [0.25, 0.3) is 11.1 Å². The Balaban J connectivity index is 1.46. The predicted molar refractivity (Wildman–Crippen MR) is 140 cm³/mol. The Morgan fingerprint density at radius 3 is 2.69 bits per heavy atom. The summed E-state index contributed by atoms with van der Waals surface area (Å²) in [6.07, 6.45) is 0.0514. The van der Waals surface area contributed by atoms with Crippen LogP contribution in [0.15, 0.2) is 41.4 Å². The number of nitrogens with one attached hydrogen (secondary N) is 1. The van der Waals surface area contributed by atoms with E-state index in [9.17, 15) is 4.79 Å². The molecule has 0 bridgehead atoms. The van der Waals surface area contributed by atoms with Crippen molar-refractivity contribution in [2.24, 2.45) is 4.99 Å². The molecule has 1 amide bonds. The summed E-state index contributed by atoms with van der Waals surface area (Å²) in [5.41, 5.74) is 13.1. The number of methoxy groups -OCH3 is 1. The third-order valence-electron chi connectivity index (χ3n) is 6.51. The molecule has 3 heterocycles.